The smallest absolute Gasteiger partial charge is 0.0813 e. The number of hydrogen-bond donors (Lipinski definition) is 1. The molecule has 60 valence electrons. The lowest BCUT2D eigenvalue weighted by atomic mass is 10.1. The number of ether oxygens (including phenoxy) is 1. The summed E-state index contributed by atoms with van der Waals surface area (Å²) >= 11 is 0. The highest BCUT2D eigenvalue weighted by atomic mass is 16.5. The van der Waals surface area contributed by atoms with Gasteiger partial charge in [-0.05, 0) is 32.3 Å². The lowest BCUT2D eigenvalue weighted by molar-refractivity contribution is 0.184. The minimum absolute atomic E-state index is 0.208. The molecule has 1 unspecified atom stereocenters. The van der Waals surface area contributed by atoms with Gasteiger partial charge >= 0.3 is 0 Å². The van der Waals surface area contributed by atoms with Gasteiger partial charge in [0, 0.05) is 0 Å². The van der Waals surface area contributed by atoms with Crippen molar-refractivity contribution >= 4 is 0 Å². The van der Waals surface area contributed by atoms with Crippen molar-refractivity contribution in [2.24, 2.45) is 0 Å². The Morgan fingerprint density at radius 3 is 2.70 bits per heavy atom. The number of rotatable bonds is 4. The Morgan fingerprint density at radius 1 is 1.70 bits per heavy atom. The summed E-state index contributed by atoms with van der Waals surface area (Å²) in [4.78, 5) is 0. The van der Waals surface area contributed by atoms with E-state index in [1.54, 1.807) is 20.3 Å². The molecular weight excluding hydrogens is 128 g/mol. The van der Waals surface area contributed by atoms with Crippen molar-refractivity contribution in [3.8, 4) is 0 Å². The fraction of sp³-hybridized carbons (Fsp3) is 0.750. The van der Waals surface area contributed by atoms with Crippen LogP contribution >= 0.6 is 0 Å². The number of hydrogen-bond acceptors (Lipinski definition) is 2. The molecule has 0 aromatic carbocycles. The number of aliphatic hydroxyl groups is 1. The standard InChI is InChI=1S/C8H16O2/c1-7(6-10-3)4-5-8(2)9/h6,8-9H,4-5H2,1-3H3/b7-6+. The number of allylic oxidation sites excluding steroid dienone is 1. The molecule has 0 aliphatic heterocycles. The summed E-state index contributed by atoms with van der Waals surface area (Å²) in [6, 6.07) is 0. The van der Waals surface area contributed by atoms with Gasteiger partial charge in [-0.25, -0.2) is 0 Å². The van der Waals surface area contributed by atoms with Gasteiger partial charge < -0.3 is 9.84 Å². The molecule has 2 nitrogen and oxygen atoms in total. The summed E-state index contributed by atoms with van der Waals surface area (Å²) in [5.41, 5.74) is 1.17. The minimum Gasteiger partial charge on any atom is -0.504 e. The molecule has 0 saturated heterocycles. The van der Waals surface area contributed by atoms with Crippen LogP contribution in [0.4, 0.5) is 0 Å². The zero-order valence-corrected chi connectivity index (χ0v) is 6.92. The topological polar surface area (TPSA) is 29.5 Å². The lowest BCUT2D eigenvalue weighted by Crippen LogP contribution is -1.98. The highest BCUT2D eigenvalue weighted by Gasteiger charge is 1.95. The second-order valence-corrected chi connectivity index (χ2v) is 2.59. The van der Waals surface area contributed by atoms with E-state index in [1.807, 2.05) is 6.92 Å². The molecule has 1 atom stereocenters. The Balaban J connectivity index is 3.39. The van der Waals surface area contributed by atoms with Crippen LogP contribution in [-0.2, 0) is 4.74 Å². The average molecular weight is 144 g/mol. The van der Waals surface area contributed by atoms with E-state index in [0.717, 1.165) is 12.8 Å². The maximum atomic E-state index is 8.90. The van der Waals surface area contributed by atoms with Gasteiger partial charge in [0.25, 0.3) is 0 Å². The Hall–Kier alpha value is -0.500. The largest absolute Gasteiger partial charge is 0.504 e. The van der Waals surface area contributed by atoms with Gasteiger partial charge in [0.05, 0.1) is 19.5 Å². The Bertz CT molecular complexity index is 106. The first kappa shape index (κ1) is 9.50. The molecular formula is C8H16O2. The van der Waals surface area contributed by atoms with Crippen molar-refractivity contribution in [1.29, 1.82) is 0 Å². The van der Waals surface area contributed by atoms with Crippen LogP contribution < -0.4 is 0 Å². The van der Waals surface area contributed by atoms with Crippen LogP contribution in [0.25, 0.3) is 0 Å². The van der Waals surface area contributed by atoms with Crippen LogP contribution in [0, 0.1) is 0 Å². The summed E-state index contributed by atoms with van der Waals surface area (Å²) in [7, 11) is 1.63. The summed E-state index contributed by atoms with van der Waals surface area (Å²) in [6.07, 6.45) is 3.22. The van der Waals surface area contributed by atoms with E-state index in [4.69, 9.17) is 9.84 Å². The van der Waals surface area contributed by atoms with Gasteiger partial charge in [0.15, 0.2) is 0 Å². The SMILES string of the molecule is CO/C=C(\C)CCC(C)O. The molecule has 0 heterocycles. The van der Waals surface area contributed by atoms with Crippen LogP contribution in [0.2, 0.25) is 0 Å². The van der Waals surface area contributed by atoms with Crippen molar-refractivity contribution in [1.82, 2.24) is 0 Å². The molecule has 10 heavy (non-hydrogen) atoms. The fourth-order valence-electron chi connectivity index (χ4n) is 0.697. The number of methoxy groups -OCH3 is 1. The highest BCUT2D eigenvalue weighted by Crippen LogP contribution is 2.05. The molecule has 2 heteroatoms. The van der Waals surface area contributed by atoms with Gasteiger partial charge in [-0.15, -0.1) is 0 Å². The molecule has 0 aliphatic rings. The summed E-state index contributed by atoms with van der Waals surface area (Å²) in [5, 5.41) is 8.90. The van der Waals surface area contributed by atoms with Gasteiger partial charge in [0.1, 0.15) is 0 Å². The van der Waals surface area contributed by atoms with E-state index in [-0.39, 0.29) is 6.10 Å². The second-order valence-electron chi connectivity index (χ2n) is 2.59. The maximum absolute atomic E-state index is 8.90. The van der Waals surface area contributed by atoms with Crippen LogP contribution in [0.15, 0.2) is 11.8 Å². The van der Waals surface area contributed by atoms with E-state index >= 15 is 0 Å². The highest BCUT2D eigenvalue weighted by molar-refractivity contribution is 4.92. The Morgan fingerprint density at radius 2 is 2.30 bits per heavy atom. The van der Waals surface area contributed by atoms with Gasteiger partial charge in [-0.3, -0.25) is 0 Å². The summed E-state index contributed by atoms with van der Waals surface area (Å²) in [6.45, 7) is 3.78. The Kier molecular flexibility index (Phi) is 5.03. The van der Waals surface area contributed by atoms with Crippen LogP contribution in [-0.4, -0.2) is 18.3 Å². The molecule has 1 N–H and O–H groups in total. The van der Waals surface area contributed by atoms with Crippen molar-refractivity contribution in [3.05, 3.63) is 11.8 Å². The zero-order chi connectivity index (χ0) is 7.98. The molecule has 0 radical (unpaired) electrons. The normalized spacial score (nSPS) is 15.0. The lowest BCUT2D eigenvalue weighted by Gasteiger charge is -2.02. The van der Waals surface area contributed by atoms with E-state index < -0.39 is 0 Å². The molecule has 0 fully saturated rings. The molecule has 0 rings (SSSR count). The predicted octanol–water partition coefficient (Wildman–Crippen LogP) is 1.70. The van der Waals surface area contributed by atoms with Gasteiger partial charge in [0.2, 0.25) is 0 Å². The predicted molar refractivity (Wildman–Crippen MR) is 41.7 cm³/mol. The van der Waals surface area contributed by atoms with E-state index in [0.29, 0.717) is 0 Å². The average Bonchev–Trinajstić information content (AvgIpc) is 1.85. The third-order valence-electron chi connectivity index (χ3n) is 1.28. The van der Waals surface area contributed by atoms with Crippen molar-refractivity contribution < 1.29 is 9.84 Å². The monoisotopic (exact) mass is 144 g/mol. The van der Waals surface area contributed by atoms with E-state index in [1.165, 1.54) is 5.57 Å². The Labute approximate surface area is 62.5 Å². The van der Waals surface area contributed by atoms with Crippen molar-refractivity contribution in [2.45, 2.75) is 32.8 Å². The van der Waals surface area contributed by atoms with Crippen molar-refractivity contribution in [3.63, 3.8) is 0 Å². The van der Waals surface area contributed by atoms with Crippen LogP contribution in [0.3, 0.4) is 0 Å². The fourth-order valence-corrected chi connectivity index (χ4v) is 0.697. The first-order valence-corrected chi connectivity index (χ1v) is 3.53. The van der Waals surface area contributed by atoms with Crippen LogP contribution in [0.5, 0.6) is 0 Å². The first-order chi connectivity index (χ1) is 4.66. The van der Waals surface area contributed by atoms with Crippen molar-refractivity contribution in [2.75, 3.05) is 7.11 Å². The van der Waals surface area contributed by atoms with Gasteiger partial charge in [-0.1, -0.05) is 0 Å². The summed E-state index contributed by atoms with van der Waals surface area (Å²) < 4.78 is 4.79. The minimum atomic E-state index is -0.208. The molecule has 0 aromatic rings. The zero-order valence-electron chi connectivity index (χ0n) is 6.92. The van der Waals surface area contributed by atoms with Crippen LogP contribution in [0.1, 0.15) is 26.7 Å². The first-order valence-electron chi connectivity index (χ1n) is 3.53. The third-order valence-corrected chi connectivity index (χ3v) is 1.28. The third kappa shape index (κ3) is 5.63. The molecule has 0 bridgehead atoms. The molecule has 0 aromatic heterocycles. The van der Waals surface area contributed by atoms with E-state index in [2.05, 4.69) is 0 Å². The number of aliphatic hydroxyl groups excluding tert-OH is 1. The summed E-state index contributed by atoms with van der Waals surface area (Å²) in [5.74, 6) is 0. The molecule has 0 spiro atoms. The quantitative estimate of drug-likeness (QED) is 0.608. The molecule has 0 saturated carbocycles. The van der Waals surface area contributed by atoms with Gasteiger partial charge in [-0.2, -0.15) is 0 Å². The molecule has 0 amide bonds. The second kappa shape index (κ2) is 5.30. The maximum Gasteiger partial charge on any atom is 0.0813 e. The van der Waals surface area contributed by atoms with E-state index in [9.17, 15) is 0 Å². The molecule has 0 aliphatic carbocycles.